The zero-order chi connectivity index (χ0) is 25.0. The molecular weight excluding hydrogens is 440 g/mol. The van der Waals surface area contributed by atoms with Gasteiger partial charge in [-0.3, -0.25) is 19.7 Å². The predicted octanol–water partition coefficient (Wildman–Crippen LogP) is 4.01. The van der Waals surface area contributed by atoms with Crippen LogP contribution >= 0.6 is 0 Å². The van der Waals surface area contributed by atoms with Gasteiger partial charge < -0.3 is 19.5 Å². The van der Waals surface area contributed by atoms with Gasteiger partial charge in [-0.05, 0) is 54.3 Å². The van der Waals surface area contributed by atoms with Crippen LogP contribution in [0.3, 0.4) is 0 Å². The van der Waals surface area contributed by atoms with Crippen LogP contribution in [0.5, 0.6) is 5.75 Å². The van der Waals surface area contributed by atoms with Crippen molar-refractivity contribution in [1.82, 2.24) is 4.90 Å². The first-order valence-corrected chi connectivity index (χ1v) is 10.9. The summed E-state index contributed by atoms with van der Waals surface area (Å²) in [5.74, 6) is -0.902. The fourth-order valence-electron chi connectivity index (χ4n) is 3.80. The molecule has 1 heterocycles. The molecule has 0 aromatic heterocycles. The summed E-state index contributed by atoms with van der Waals surface area (Å²) in [6, 6.07) is 9.70. The van der Waals surface area contributed by atoms with Gasteiger partial charge in [0.2, 0.25) is 0 Å². The lowest BCUT2D eigenvalue weighted by Gasteiger charge is -2.25. The molecule has 1 aliphatic rings. The smallest absolute Gasteiger partial charge is 0.295 e. The van der Waals surface area contributed by atoms with Crippen LogP contribution in [0.4, 0.5) is 5.69 Å². The van der Waals surface area contributed by atoms with Crippen molar-refractivity contribution in [1.29, 1.82) is 0 Å². The van der Waals surface area contributed by atoms with E-state index in [0.717, 1.165) is 5.56 Å². The third-order valence-corrected chi connectivity index (χ3v) is 5.52. The highest BCUT2D eigenvalue weighted by Crippen LogP contribution is 2.40. The lowest BCUT2D eigenvalue weighted by atomic mass is 9.94. The zero-order valence-electron chi connectivity index (χ0n) is 19.6. The molecule has 0 spiro atoms. The fourth-order valence-corrected chi connectivity index (χ4v) is 3.80. The average molecular weight is 469 g/mol. The Hall–Kier alpha value is -3.72. The normalized spacial score (nSPS) is 17.4. The molecule has 3 rings (SSSR count). The van der Waals surface area contributed by atoms with Gasteiger partial charge in [-0.1, -0.05) is 13.8 Å². The first-order valence-electron chi connectivity index (χ1n) is 10.9. The maximum Gasteiger partial charge on any atom is 0.295 e. The van der Waals surface area contributed by atoms with Crippen LogP contribution in [0.15, 0.2) is 48.0 Å². The number of carbonyl (C=O) groups excluding carboxylic acids is 2. The maximum atomic E-state index is 13.0. The van der Waals surface area contributed by atoms with Gasteiger partial charge in [0, 0.05) is 31.4 Å². The van der Waals surface area contributed by atoms with Crippen molar-refractivity contribution in [3.05, 3.63) is 74.8 Å². The highest BCUT2D eigenvalue weighted by Gasteiger charge is 2.46. The maximum absolute atomic E-state index is 13.0. The molecule has 0 saturated carbocycles. The van der Waals surface area contributed by atoms with Gasteiger partial charge in [0.1, 0.15) is 11.5 Å². The molecule has 2 aromatic rings. The summed E-state index contributed by atoms with van der Waals surface area (Å²) in [6.45, 7) is 6.74. The first kappa shape index (κ1) is 24.9. The Labute approximate surface area is 197 Å². The number of rotatable bonds is 9. The molecule has 34 heavy (non-hydrogen) atoms. The van der Waals surface area contributed by atoms with Gasteiger partial charge in [0.15, 0.2) is 0 Å². The van der Waals surface area contributed by atoms with Crippen LogP contribution in [-0.2, 0) is 14.3 Å². The van der Waals surface area contributed by atoms with E-state index in [1.54, 1.807) is 18.2 Å². The largest absolute Gasteiger partial charge is 0.507 e. The summed E-state index contributed by atoms with van der Waals surface area (Å²) in [4.78, 5) is 37.7. The van der Waals surface area contributed by atoms with Gasteiger partial charge in [-0.2, -0.15) is 0 Å². The van der Waals surface area contributed by atoms with E-state index >= 15 is 0 Å². The van der Waals surface area contributed by atoms with E-state index in [9.17, 15) is 24.8 Å². The van der Waals surface area contributed by atoms with E-state index in [0.29, 0.717) is 29.4 Å². The topological polar surface area (TPSA) is 119 Å². The van der Waals surface area contributed by atoms with Gasteiger partial charge in [-0.25, -0.2) is 0 Å². The second-order valence-electron chi connectivity index (χ2n) is 8.52. The lowest BCUT2D eigenvalue weighted by molar-refractivity contribution is -0.384. The zero-order valence-corrected chi connectivity index (χ0v) is 19.6. The number of non-ortho nitro benzene ring substituents is 1. The number of aryl methyl sites for hydroxylation is 1. The van der Waals surface area contributed by atoms with Crippen LogP contribution in [0, 0.1) is 23.0 Å². The van der Waals surface area contributed by atoms with E-state index in [-0.39, 0.29) is 30.2 Å². The molecule has 0 aliphatic carbocycles. The molecule has 1 atom stereocenters. The summed E-state index contributed by atoms with van der Waals surface area (Å²) < 4.78 is 10.9. The summed E-state index contributed by atoms with van der Waals surface area (Å²) in [6.07, 6.45) is 0. The Bertz CT molecular complexity index is 1120. The molecule has 9 nitrogen and oxygen atoms in total. The monoisotopic (exact) mass is 468 g/mol. The minimum atomic E-state index is -0.909. The van der Waals surface area contributed by atoms with Crippen LogP contribution in [0.25, 0.3) is 5.76 Å². The summed E-state index contributed by atoms with van der Waals surface area (Å²) >= 11 is 0. The number of ketones is 1. The molecule has 2 aromatic carbocycles. The number of nitro benzene ring substituents is 1. The Kier molecular flexibility index (Phi) is 7.68. The molecule has 1 saturated heterocycles. The summed E-state index contributed by atoms with van der Waals surface area (Å²) in [5, 5.41) is 22.2. The number of Topliss-reactive ketones (excluding diaryl/α,β-unsaturated/α-hetero) is 1. The number of nitrogens with zero attached hydrogens (tertiary/aromatic N) is 2. The molecule has 9 heteroatoms. The van der Waals surface area contributed by atoms with E-state index < -0.39 is 22.7 Å². The Balaban J connectivity index is 2.08. The van der Waals surface area contributed by atoms with Crippen molar-refractivity contribution < 1.29 is 29.1 Å². The van der Waals surface area contributed by atoms with Gasteiger partial charge >= 0.3 is 0 Å². The molecule has 1 fully saturated rings. The van der Waals surface area contributed by atoms with Gasteiger partial charge in [0.25, 0.3) is 17.4 Å². The highest BCUT2D eigenvalue weighted by atomic mass is 16.6. The molecule has 1 N–H and O–H groups in total. The van der Waals surface area contributed by atoms with Crippen molar-refractivity contribution in [2.45, 2.75) is 26.8 Å². The number of aliphatic hydroxyl groups excluding tert-OH is 1. The van der Waals surface area contributed by atoms with Gasteiger partial charge in [0.05, 0.1) is 29.8 Å². The fraction of sp³-hybridized carbons (Fsp3) is 0.360. The van der Waals surface area contributed by atoms with E-state index in [1.807, 2.05) is 20.8 Å². The van der Waals surface area contributed by atoms with Crippen molar-refractivity contribution in [3.8, 4) is 5.75 Å². The molecule has 0 unspecified atom stereocenters. The Morgan fingerprint density at radius 1 is 1.18 bits per heavy atom. The average Bonchev–Trinajstić information content (AvgIpc) is 3.06. The van der Waals surface area contributed by atoms with Crippen molar-refractivity contribution in [3.63, 3.8) is 0 Å². The quantitative estimate of drug-likeness (QED) is 0.194. The first-order chi connectivity index (χ1) is 16.1. The van der Waals surface area contributed by atoms with Crippen molar-refractivity contribution >= 4 is 23.1 Å². The van der Waals surface area contributed by atoms with Crippen LogP contribution < -0.4 is 4.74 Å². The SMILES string of the molecule is COCCN1C(=O)C(=O)/C(=C(/O)c2ccc(OCC(C)C)c(C)c2)[C@H]1c1ccc([N+](=O)[O-])cc1. The Morgan fingerprint density at radius 2 is 1.85 bits per heavy atom. The van der Waals surface area contributed by atoms with Crippen LogP contribution in [0.1, 0.15) is 36.6 Å². The number of hydrogen-bond donors (Lipinski definition) is 1. The lowest BCUT2D eigenvalue weighted by Crippen LogP contribution is -2.32. The molecule has 1 amide bonds. The van der Waals surface area contributed by atoms with Crippen LogP contribution in [-0.4, -0.2) is 53.5 Å². The number of methoxy groups -OCH3 is 1. The van der Waals surface area contributed by atoms with E-state index in [1.165, 1.54) is 36.3 Å². The standard InChI is InChI=1S/C25H28N2O7/c1-15(2)14-34-20-10-7-18(13-16(20)3)23(28)21-22(17-5-8-19(9-6-17)27(31)32)26(11-12-33-4)25(30)24(21)29/h5-10,13,15,22,28H,11-12,14H2,1-4H3/b23-21+/t22-/m1/s1. The number of hydrogen-bond acceptors (Lipinski definition) is 7. The predicted molar refractivity (Wildman–Crippen MR) is 125 cm³/mol. The van der Waals surface area contributed by atoms with Crippen molar-refractivity contribution in [2.24, 2.45) is 5.92 Å². The number of carbonyl (C=O) groups is 2. The number of ether oxygens (including phenoxy) is 2. The second-order valence-corrected chi connectivity index (χ2v) is 8.52. The molecule has 0 radical (unpaired) electrons. The number of likely N-dealkylation sites (tertiary alicyclic amines) is 1. The minimum absolute atomic E-state index is 0.0785. The minimum Gasteiger partial charge on any atom is -0.507 e. The third-order valence-electron chi connectivity index (χ3n) is 5.52. The summed E-state index contributed by atoms with van der Waals surface area (Å²) in [5.41, 5.74) is 1.41. The van der Waals surface area contributed by atoms with E-state index in [4.69, 9.17) is 9.47 Å². The van der Waals surface area contributed by atoms with Gasteiger partial charge in [-0.15, -0.1) is 0 Å². The molecule has 1 aliphatic heterocycles. The van der Waals surface area contributed by atoms with E-state index in [2.05, 4.69) is 0 Å². The second kappa shape index (κ2) is 10.5. The van der Waals surface area contributed by atoms with Crippen LogP contribution in [0.2, 0.25) is 0 Å². The molecule has 180 valence electrons. The highest BCUT2D eigenvalue weighted by molar-refractivity contribution is 6.46. The molecular formula is C25H28N2O7. The number of nitro groups is 1. The number of aliphatic hydroxyl groups is 1. The number of amides is 1. The third kappa shape index (κ3) is 5.09. The molecule has 0 bridgehead atoms. The Morgan fingerprint density at radius 3 is 2.41 bits per heavy atom. The summed E-state index contributed by atoms with van der Waals surface area (Å²) in [7, 11) is 1.48. The van der Waals surface area contributed by atoms with Crippen molar-refractivity contribution in [2.75, 3.05) is 26.9 Å². The number of benzene rings is 2.